The van der Waals surface area contributed by atoms with Gasteiger partial charge in [0.05, 0.1) is 17.6 Å². The molecule has 3 heteroatoms. The number of aliphatic hydroxyl groups is 1. The van der Waals surface area contributed by atoms with E-state index in [9.17, 15) is 0 Å². The van der Waals surface area contributed by atoms with Crippen molar-refractivity contribution in [3.63, 3.8) is 0 Å². The fourth-order valence-electron chi connectivity index (χ4n) is 1.58. The van der Waals surface area contributed by atoms with E-state index in [1.165, 1.54) is 0 Å². The van der Waals surface area contributed by atoms with Crippen LogP contribution in [0.5, 0.6) is 0 Å². The van der Waals surface area contributed by atoms with Crippen molar-refractivity contribution in [2.75, 3.05) is 6.61 Å². The number of para-hydroxylation sites is 2. The molecule has 0 aliphatic heterocycles. The number of nitrogens with zero attached hydrogens (tertiary/aromatic N) is 2. The van der Waals surface area contributed by atoms with Crippen molar-refractivity contribution < 1.29 is 5.11 Å². The average molecular weight is 206 g/mol. The van der Waals surface area contributed by atoms with Gasteiger partial charge < -0.3 is 9.67 Å². The standard InChI is InChI=1S/C10H12N2O.C2H6/c1-8-11-9-4-2-3-5-10(9)12(8)6-7-13;1-2/h2-5,13H,6-7H2,1H3;1-2H3. The van der Waals surface area contributed by atoms with Crippen LogP contribution in [0.15, 0.2) is 24.3 Å². The molecule has 0 bridgehead atoms. The van der Waals surface area contributed by atoms with Crippen molar-refractivity contribution in [3.05, 3.63) is 30.1 Å². The van der Waals surface area contributed by atoms with Gasteiger partial charge in [0.2, 0.25) is 0 Å². The van der Waals surface area contributed by atoms with Crippen molar-refractivity contribution in [1.29, 1.82) is 0 Å². The first kappa shape index (κ1) is 11.7. The first-order valence-corrected chi connectivity index (χ1v) is 5.35. The summed E-state index contributed by atoms with van der Waals surface area (Å²) in [4.78, 5) is 4.38. The molecular weight excluding hydrogens is 188 g/mol. The van der Waals surface area contributed by atoms with E-state index >= 15 is 0 Å². The van der Waals surface area contributed by atoms with Crippen LogP contribution in [-0.2, 0) is 6.54 Å². The minimum atomic E-state index is 0.154. The Morgan fingerprint density at radius 2 is 1.93 bits per heavy atom. The molecule has 0 spiro atoms. The fraction of sp³-hybridized carbons (Fsp3) is 0.417. The van der Waals surface area contributed by atoms with Crippen LogP contribution in [0, 0.1) is 6.92 Å². The summed E-state index contributed by atoms with van der Waals surface area (Å²) in [6.07, 6.45) is 0. The molecule has 0 unspecified atom stereocenters. The molecule has 0 amide bonds. The molecule has 1 aromatic heterocycles. The lowest BCUT2D eigenvalue weighted by atomic mass is 10.3. The lowest BCUT2D eigenvalue weighted by Crippen LogP contribution is -2.03. The van der Waals surface area contributed by atoms with Gasteiger partial charge in [0.25, 0.3) is 0 Å². The Bertz CT molecular complexity index is 420. The second kappa shape index (κ2) is 5.51. The summed E-state index contributed by atoms with van der Waals surface area (Å²) in [5, 5.41) is 8.87. The molecule has 0 saturated heterocycles. The van der Waals surface area contributed by atoms with Gasteiger partial charge in [-0.05, 0) is 19.1 Å². The highest BCUT2D eigenvalue weighted by molar-refractivity contribution is 5.75. The Morgan fingerprint density at radius 3 is 2.60 bits per heavy atom. The number of aromatic nitrogens is 2. The zero-order valence-corrected chi connectivity index (χ0v) is 9.57. The molecule has 1 aromatic carbocycles. The SMILES string of the molecule is CC.Cc1nc2ccccc2n1CCO. The molecular formula is C12H18N2O. The fourth-order valence-corrected chi connectivity index (χ4v) is 1.58. The molecule has 15 heavy (non-hydrogen) atoms. The van der Waals surface area contributed by atoms with Crippen molar-refractivity contribution in [2.24, 2.45) is 0 Å². The molecule has 1 heterocycles. The van der Waals surface area contributed by atoms with Crippen LogP contribution < -0.4 is 0 Å². The Hall–Kier alpha value is -1.35. The van der Waals surface area contributed by atoms with Crippen LogP contribution >= 0.6 is 0 Å². The zero-order valence-electron chi connectivity index (χ0n) is 9.57. The summed E-state index contributed by atoms with van der Waals surface area (Å²) in [5.41, 5.74) is 2.09. The van der Waals surface area contributed by atoms with E-state index in [2.05, 4.69) is 4.98 Å². The highest BCUT2D eigenvalue weighted by Gasteiger charge is 2.04. The zero-order chi connectivity index (χ0) is 11.3. The summed E-state index contributed by atoms with van der Waals surface area (Å²) in [5.74, 6) is 0.954. The maximum Gasteiger partial charge on any atom is 0.106 e. The molecule has 2 aromatic rings. The lowest BCUT2D eigenvalue weighted by Gasteiger charge is -2.02. The van der Waals surface area contributed by atoms with E-state index in [4.69, 9.17) is 5.11 Å². The minimum absolute atomic E-state index is 0.154. The highest BCUT2D eigenvalue weighted by Crippen LogP contribution is 2.14. The second-order valence-corrected chi connectivity index (χ2v) is 3.02. The maximum absolute atomic E-state index is 8.87. The average Bonchev–Trinajstić information content (AvgIpc) is 2.59. The van der Waals surface area contributed by atoms with Crippen molar-refractivity contribution in [3.8, 4) is 0 Å². The van der Waals surface area contributed by atoms with Gasteiger partial charge in [-0.15, -0.1) is 0 Å². The Balaban J connectivity index is 0.000000531. The number of hydrogen-bond acceptors (Lipinski definition) is 2. The van der Waals surface area contributed by atoms with Crippen LogP contribution in [0.3, 0.4) is 0 Å². The monoisotopic (exact) mass is 206 g/mol. The third-order valence-corrected chi connectivity index (χ3v) is 2.17. The lowest BCUT2D eigenvalue weighted by molar-refractivity contribution is 0.276. The highest BCUT2D eigenvalue weighted by atomic mass is 16.3. The Kier molecular flexibility index (Phi) is 4.31. The predicted octanol–water partition coefficient (Wildman–Crippen LogP) is 2.36. The summed E-state index contributed by atoms with van der Waals surface area (Å²) >= 11 is 0. The molecule has 0 atom stereocenters. The molecule has 3 nitrogen and oxygen atoms in total. The number of fused-ring (bicyclic) bond motifs is 1. The van der Waals surface area contributed by atoms with Crippen LogP contribution in [-0.4, -0.2) is 21.3 Å². The predicted molar refractivity (Wildman–Crippen MR) is 62.9 cm³/mol. The van der Waals surface area contributed by atoms with Gasteiger partial charge >= 0.3 is 0 Å². The van der Waals surface area contributed by atoms with Crippen molar-refractivity contribution in [2.45, 2.75) is 27.3 Å². The van der Waals surface area contributed by atoms with E-state index in [-0.39, 0.29) is 6.61 Å². The van der Waals surface area contributed by atoms with E-state index in [1.54, 1.807) is 0 Å². The van der Waals surface area contributed by atoms with Gasteiger partial charge in [0, 0.05) is 6.54 Å². The van der Waals surface area contributed by atoms with Crippen LogP contribution in [0.4, 0.5) is 0 Å². The van der Waals surface area contributed by atoms with E-state index < -0.39 is 0 Å². The van der Waals surface area contributed by atoms with Gasteiger partial charge in [-0.25, -0.2) is 4.98 Å². The molecule has 0 saturated carbocycles. The quantitative estimate of drug-likeness (QED) is 0.819. The number of rotatable bonds is 2. The molecule has 0 fully saturated rings. The number of aryl methyl sites for hydroxylation is 1. The second-order valence-electron chi connectivity index (χ2n) is 3.02. The molecule has 0 aliphatic rings. The summed E-state index contributed by atoms with van der Waals surface area (Å²) in [7, 11) is 0. The van der Waals surface area contributed by atoms with Gasteiger partial charge in [-0.2, -0.15) is 0 Å². The largest absolute Gasteiger partial charge is 0.395 e. The molecule has 0 radical (unpaired) electrons. The van der Waals surface area contributed by atoms with E-state index in [0.717, 1.165) is 16.9 Å². The third-order valence-electron chi connectivity index (χ3n) is 2.17. The first-order chi connectivity index (χ1) is 7.33. The maximum atomic E-state index is 8.87. The van der Waals surface area contributed by atoms with Gasteiger partial charge in [0.15, 0.2) is 0 Å². The summed E-state index contributed by atoms with van der Waals surface area (Å²) in [6.45, 7) is 6.73. The van der Waals surface area contributed by atoms with E-state index in [1.807, 2.05) is 49.6 Å². The molecule has 1 N–H and O–H groups in total. The summed E-state index contributed by atoms with van der Waals surface area (Å²) < 4.78 is 2.02. The Morgan fingerprint density at radius 1 is 1.27 bits per heavy atom. The van der Waals surface area contributed by atoms with Crippen LogP contribution in [0.1, 0.15) is 19.7 Å². The van der Waals surface area contributed by atoms with Crippen molar-refractivity contribution in [1.82, 2.24) is 9.55 Å². The number of benzene rings is 1. The minimum Gasteiger partial charge on any atom is -0.395 e. The van der Waals surface area contributed by atoms with Crippen molar-refractivity contribution >= 4 is 11.0 Å². The number of imidazole rings is 1. The summed E-state index contributed by atoms with van der Waals surface area (Å²) in [6, 6.07) is 7.95. The first-order valence-electron chi connectivity index (χ1n) is 5.35. The third kappa shape index (κ3) is 2.36. The smallest absolute Gasteiger partial charge is 0.106 e. The van der Waals surface area contributed by atoms with Crippen LogP contribution in [0.25, 0.3) is 11.0 Å². The molecule has 2 rings (SSSR count). The van der Waals surface area contributed by atoms with Crippen LogP contribution in [0.2, 0.25) is 0 Å². The Labute approximate surface area is 90.4 Å². The molecule has 82 valence electrons. The van der Waals surface area contributed by atoms with Gasteiger partial charge in [0.1, 0.15) is 5.82 Å². The normalized spacial score (nSPS) is 9.87. The van der Waals surface area contributed by atoms with Gasteiger partial charge in [-0.3, -0.25) is 0 Å². The number of aliphatic hydroxyl groups excluding tert-OH is 1. The topological polar surface area (TPSA) is 38.0 Å². The van der Waals surface area contributed by atoms with E-state index in [0.29, 0.717) is 6.54 Å². The number of hydrogen-bond donors (Lipinski definition) is 1. The molecule has 0 aliphatic carbocycles. The van der Waals surface area contributed by atoms with Gasteiger partial charge in [-0.1, -0.05) is 26.0 Å².